The molecule has 8 heteroatoms. The number of amides is 3. The Hall–Kier alpha value is -3.42. The highest BCUT2D eigenvalue weighted by Crippen LogP contribution is 2.13. The van der Waals surface area contributed by atoms with Gasteiger partial charge in [0.1, 0.15) is 6.54 Å². The number of carbonyl (C=O) groups is 2. The predicted octanol–water partition coefficient (Wildman–Crippen LogP) is 1.46. The molecule has 0 atom stereocenters. The average Bonchev–Trinajstić information content (AvgIpc) is 2.87. The summed E-state index contributed by atoms with van der Waals surface area (Å²) in [6.07, 6.45) is 1.56. The number of fused-ring (bicyclic) bond motifs is 1. The first-order valence-corrected chi connectivity index (χ1v) is 7.66. The molecule has 0 unspecified atom stereocenters. The standard InChI is InChI=1S/C17H17N5O3/c1-11-6-7-13(9-12(11)2)18-16(24)19-15(23)10-22-17(25)21-8-4-3-5-14(21)20-22/h3-9H,10H2,1-2H3,(H2,18,19,23,24). The van der Waals surface area contributed by atoms with Gasteiger partial charge in [-0.1, -0.05) is 12.1 Å². The number of hydrogen-bond donors (Lipinski definition) is 2. The number of hydrogen-bond acceptors (Lipinski definition) is 4. The largest absolute Gasteiger partial charge is 0.350 e. The highest BCUT2D eigenvalue weighted by molar-refractivity contribution is 6.01. The molecule has 0 spiro atoms. The second kappa shape index (κ2) is 6.60. The fourth-order valence-corrected chi connectivity index (χ4v) is 2.35. The number of nitrogens with zero attached hydrogens (tertiary/aromatic N) is 3. The van der Waals surface area contributed by atoms with Crippen molar-refractivity contribution in [2.75, 3.05) is 5.32 Å². The third-order valence-electron chi connectivity index (χ3n) is 3.80. The summed E-state index contributed by atoms with van der Waals surface area (Å²) in [5.74, 6) is -0.633. The number of urea groups is 1. The number of rotatable bonds is 3. The lowest BCUT2D eigenvalue weighted by atomic mass is 10.1. The number of nitrogens with one attached hydrogen (secondary N) is 2. The van der Waals surface area contributed by atoms with Gasteiger partial charge in [0.05, 0.1) is 0 Å². The van der Waals surface area contributed by atoms with Crippen LogP contribution < -0.4 is 16.3 Å². The molecule has 8 nitrogen and oxygen atoms in total. The quantitative estimate of drug-likeness (QED) is 0.755. The molecular formula is C17H17N5O3. The van der Waals surface area contributed by atoms with Crippen LogP contribution >= 0.6 is 0 Å². The number of imide groups is 1. The van der Waals surface area contributed by atoms with E-state index in [1.807, 2.05) is 26.0 Å². The van der Waals surface area contributed by atoms with E-state index in [4.69, 9.17) is 0 Å². The van der Waals surface area contributed by atoms with Gasteiger partial charge in [-0.15, -0.1) is 5.10 Å². The third kappa shape index (κ3) is 3.57. The minimum atomic E-state index is -0.662. The zero-order valence-corrected chi connectivity index (χ0v) is 13.8. The van der Waals surface area contributed by atoms with Gasteiger partial charge in [-0.2, -0.15) is 0 Å². The lowest BCUT2D eigenvalue weighted by Gasteiger charge is -2.08. The topological polar surface area (TPSA) is 97.5 Å². The molecule has 0 radical (unpaired) electrons. The van der Waals surface area contributed by atoms with Crippen LogP contribution in [-0.2, 0) is 11.3 Å². The van der Waals surface area contributed by atoms with Crippen molar-refractivity contribution in [1.82, 2.24) is 19.5 Å². The highest BCUT2D eigenvalue weighted by Gasteiger charge is 2.13. The van der Waals surface area contributed by atoms with Crippen LogP contribution in [0.25, 0.3) is 5.65 Å². The lowest BCUT2D eigenvalue weighted by Crippen LogP contribution is -2.38. The summed E-state index contributed by atoms with van der Waals surface area (Å²) in [4.78, 5) is 36.0. The predicted molar refractivity (Wildman–Crippen MR) is 92.5 cm³/mol. The Morgan fingerprint density at radius 3 is 2.64 bits per heavy atom. The Morgan fingerprint density at radius 2 is 1.92 bits per heavy atom. The van der Waals surface area contributed by atoms with E-state index in [0.717, 1.165) is 15.8 Å². The van der Waals surface area contributed by atoms with Crippen LogP contribution in [0.3, 0.4) is 0 Å². The zero-order valence-electron chi connectivity index (χ0n) is 13.8. The van der Waals surface area contributed by atoms with Gasteiger partial charge in [0.15, 0.2) is 5.65 Å². The maximum Gasteiger partial charge on any atom is 0.350 e. The summed E-state index contributed by atoms with van der Waals surface area (Å²) in [7, 11) is 0. The van der Waals surface area contributed by atoms with Crippen LogP contribution in [0.4, 0.5) is 10.5 Å². The van der Waals surface area contributed by atoms with E-state index in [2.05, 4.69) is 15.7 Å². The monoisotopic (exact) mass is 339 g/mol. The van der Waals surface area contributed by atoms with E-state index in [1.54, 1.807) is 30.5 Å². The van der Waals surface area contributed by atoms with Gasteiger partial charge >= 0.3 is 11.7 Å². The van der Waals surface area contributed by atoms with Crippen molar-refractivity contribution >= 4 is 23.3 Å². The molecule has 0 bridgehead atoms. The van der Waals surface area contributed by atoms with Gasteiger partial charge in [-0.05, 0) is 49.2 Å². The van der Waals surface area contributed by atoms with Crippen molar-refractivity contribution in [3.63, 3.8) is 0 Å². The molecule has 2 heterocycles. The number of aromatic nitrogens is 3. The SMILES string of the molecule is Cc1ccc(NC(=O)NC(=O)Cn2nc3ccccn3c2=O)cc1C. The molecule has 0 fully saturated rings. The smallest absolute Gasteiger partial charge is 0.308 e. The van der Waals surface area contributed by atoms with Crippen LogP contribution in [-0.4, -0.2) is 26.1 Å². The maximum absolute atomic E-state index is 12.1. The fourth-order valence-electron chi connectivity index (χ4n) is 2.35. The summed E-state index contributed by atoms with van der Waals surface area (Å²) >= 11 is 0. The number of pyridine rings is 1. The minimum Gasteiger partial charge on any atom is -0.308 e. The molecule has 128 valence electrons. The molecule has 0 saturated heterocycles. The molecular weight excluding hydrogens is 322 g/mol. The van der Waals surface area contributed by atoms with E-state index in [1.165, 1.54) is 4.40 Å². The van der Waals surface area contributed by atoms with E-state index in [-0.39, 0.29) is 6.54 Å². The Kier molecular flexibility index (Phi) is 4.34. The van der Waals surface area contributed by atoms with Crippen molar-refractivity contribution in [3.8, 4) is 0 Å². The van der Waals surface area contributed by atoms with Gasteiger partial charge in [0, 0.05) is 11.9 Å². The molecule has 2 N–H and O–H groups in total. The van der Waals surface area contributed by atoms with Crippen molar-refractivity contribution in [1.29, 1.82) is 0 Å². The summed E-state index contributed by atoms with van der Waals surface area (Å²) in [6, 6.07) is 9.86. The zero-order chi connectivity index (χ0) is 18.0. The Morgan fingerprint density at radius 1 is 1.12 bits per heavy atom. The van der Waals surface area contributed by atoms with E-state index in [0.29, 0.717) is 11.3 Å². The highest BCUT2D eigenvalue weighted by atomic mass is 16.2. The first-order chi connectivity index (χ1) is 11.9. The van der Waals surface area contributed by atoms with Crippen molar-refractivity contribution in [2.24, 2.45) is 0 Å². The number of anilines is 1. The minimum absolute atomic E-state index is 0.346. The normalized spacial score (nSPS) is 10.6. The van der Waals surface area contributed by atoms with Crippen LogP contribution in [0.2, 0.25) is 0 Å². The number of carbonyl (C=O) groups excluding carboxylic acids is 2. The average molecular weight is 339 g/mol. The molecule has 0 aliphatic rings. The summed E-state index contributed by atoms with van der Waals surface area (Å²) in [6.45, 7) is 3.55. The molecule has 25 heavy (non-hydrogen) atoms. The summed E-state index contributed by atoms with van der Waals surface area (Å²) < 4.78 is 2.33. The lowest BCUT2D eigenvalue weighted by molar-refractivity contribution is -0.120. The van der Waals surface area contributed by atoms with Crippen LogP contribution in [0, 0.1) is 13.8 Å². The number of aryl methyl sites for hydroxylation is 2. The second-order valence-corrected chi connectivity index (χ2v) is 5.67. The molecule has 0 aliphatic heterocycles. The van der Waals surface area contributed by atoms with Crippen LogP contribution in [0.5, 0.6) is 0 Å². The second-order valence-electron chi connectivity index (χ2n) is 5.67. The summed E-state index contributed by atoms with van der Waals surface area (Å²) in [5, 5.41) is 8.81. The molecule has 1 aromatic carbocycles. The fraction of sp³-hybridized carbons (Fsp3) is 0.176. The Labute approximate surface area is 143 Å². The van der Waals surface area contributed by atoms with Crippen molar-refractivity contribution in [2.45, 2.75) is 20.4 Å². The van der Waals surface area contributed by atoms with Crippen molar-refractivity contribution in [3.05, 3.63) is 64.2 Å². The third-order valence-corrected chi connectivity index (χ3v) is 3.80. The van der Waals surface area contributed by atoms with E-state index >= 15 is 0 Å². The van der Waals surface area contributed by atoms with Crippen LogP contribution in [0.15, 0.2) is 47.4 Å². The number of benzene rings is 1. The van der Waals surface area contributed by atoms with Crippen LogP contribution in [0.1, 0.15) is 11.1 Å². The van der Waals surface area contributed by atoms with Crippen molar-refractivity contribution < 1.29 is 9.59 Å². The molecule has 3 amide bonds. The van der Waals surface area contributed by atoms with Gasteiger partial charge in [-0.25, -0.2) is 14.3 Å². The summed E-state index contributed by atoms with van der Waals surface area (Å²) in [5.41, 5.74) is 2.70. The molecule has 0 aliphatic carbocycles. The van der Waals surface area contributed by atoms with Gasteiger partial charge in [0.25, 0.3) is 0 Å². The van der Waals surface area contributed by atoms with E-state index < -0.39 is 17.6 Å². The van der Waals surface area contributed by atoms with E-state index in [9.17, 15) is 14.4 Å². The van der Waals surface area contributed by atoms with Gasteiger partial charge in [0.2, 0.25) is 5.91 Å². The van der Waals surface area contributed by atoms with Gasteiger partial charge < -0.3 is 5.32 Å². The first-order valence-electron chi connectivity index (χ1n) is 7.66. The van der Waals surface area contributed by atoms with Gasteiger partial charge in [-0.3, -0.25) is 14.5 Å². The molecule has 0 saturated carbocycles. The Bertz CT molecular complexity index is 1020. The Balaban J connectivity index is 1.65. The molecule has 2 aromatic heterocycles. The molecule has 3 aromatic rings. The maximum atomic E-state index is 12.1. The first kappa shape index (κ1) is 16.4. The molecule has 3 rings (SSSR count).